The Labute approximate surface area is 126 Å². The lowest BCUT2D eigenvalue weighted by Crippen LogP contribution is -2.23. The van der Waals surface area contributed by atoms with Crippen molar-refractivity contribution in [3.05, 3.63) is 29.8 Å². The molecule has 1 aliphatic rings. The highest BCUT2D eigenvalue weighted by molar-refractivity contribution is 5.90. The Kier molecular flexibility index (Phi) is 6.05. The second-order valence-electron chi connectivity index (χ2n) is 5.75. The van der Waals surface area contributed by atoms with Gasteiger partial charge in [-0.15, -0.1) is 0 Å². The molecule has 0 aromatic heterocycles. The van der Waals surface area contributed by atoms with Crippen LogP contribution < -0.4 is 4.74 Å². The summed E-state index contributed by atoms with van der Waals surface area (Å²) in [4.78, 5) is 13.6. The molecule has 1 heterocycles. The second-order valence-corrected chi connectivity index (χ2v) is 5.75. The summed E-state index contributed by atoms with van der Waals surface area (Å²) < 4.78 is 5.63. The SMILES string of the molecule is CCCC1CCN(CCCOc2ccccc2C(=O)O)C1. The van der Waals surface area contributed by atoms with Crippen molar-refractivity contribution in [1.82, 2.24) is 4.90 Å². The molecule has 1 saturated heterocycles. The maximum atomic E-state index is 11.1. The molecule has 1 aliphatic heterocycles. The van der Waals surface area contributed by atoms with Crippen LogP contribution in [-0.2, 0) is 0 Å². The van der Waals surface area contributed by atoms with Crippen LogP contribution in [0.4, 0.5) is 0 Å². The van der Waals surface area contributed by atoms with Gasteiger partial charge in [0.05, 0.1) is 6.61 Å². The van der Waals surface area contributed by atoms with Gasteiger partial charge in [0.15, 0.2) is 0 Å². The van der Waals surface area contributed by atoms with Crippen molar-refractivity contribution >= 4 is 5.97 Å². The third-order valence-corrected chi connectivity index (χ3v) is 4.06. The maximum absolute atomic E-state index is 11.1. The Balaban J connectivity index is 1.70. The summed E-state index contributed by atoms with van der Waals surface area (Å²) in [5.41, 5.74) is 0.238. The summed E-state index contributed by atoms with van der Waals surface area (Å²) in [6.45, 7) is 6.25. The van der Waals surface area contributed by atoms with Crippen LogP contribution in [0.5, 0.6) is 5.75 Å². The van der Waals surface area contributed by atoms with Gasteiger partial charge in [0, 0.05) is 13.1 Å². The lowest BCUT2D eigenvalue weighted by molar-refractivity contribution is 0.0692. The van der Waals surface area contributed by atoms with Gasteiger partial charge in [-0.25, -0.2) is 4.79 Å². The van der Waals surface area contributed by atoms with E-state index in [4.69, 9.17) is 9.84 Å². The number of benzene rings is 1. The van der Waals surface area contributed by atoms with Crippen LogP contribution in [0.15, 0.2) is 24.3 Å². The van der Waals surface area contributed by atoms with E-state index in [9.17, 15) is 4.79 Å². The second kappa shape index (κ2) is 8.03. The molecule has 1 unspecified atom stereocenters. The van der Waals surface area contributed by atoms with Gasteiger partial charge in [-0.2, -0.15) is 0 Å². The largest absolute Gasteiger partial charge is 0.493 e. The van der Waals surface area contributed by atoms with Crippen LogP contribution in [0.1, 0.15) is 43.0 Å². The molecule has 1 aromatic carbocycles. The number of ether oxygens (including phenoxy) is 1. The highest BCUT2D eigenvalue weighted by Gasteiger charge is 2.20. The molecule has 0 bridgehead atoms. The minimum Gasteiger partial charge on any atom is -0.493 e. The molecule has 116 valence electrons. The first-order chi connectivity index (χ1) is 10.2. The van der Waals surface area contributed by atoms with Crippen LogP contribution >= 0.6 is 0 Å². The van der Waals surface area contributed by atoms with E-state index in [1.807, 2.05) is 0 Å². The summed E-state index contributed by atoms with van der Waals surface area (Å²) >= 11 is 0. The van der Waals surface area contributed by atoms with Gasteiger partial charge in [0.2, 0.25) is 0 Å². The first kappa shape index (κ1) is 15.8. The molecular formula is C17H25NO3. The normalized spacial score (nSPS) is 18.8. The van der Waals surface area contributed by atoms with Crippen molar-refractivity contribution in [2.75, 3.05) is 26.2 Å². The fraction of sp³-hybridized carbons (Fsp3) is 0.588. The van der Waals surface area contributed by atoms with Crippen LogP contribution in [0.3, 0.4) is 0 Å². The fourth-order valence-electron chi connectivity index (χ4n) is 3.00. The Morgan fingerprint density at radius 2 is 2.24 bits per heavy atom. The van der Waals surface area contributed by atoms with Crippen molar-refractivity contribution < 1.29 is 14.6 Å². The van der Waals surface area contributed by atoms with Gasteiger partial charge in [0.25, 0.3) is 0 Å². The first-order valence-corrected chi connectivity index (χ1v) is 7.88. The molecule has 0 saturated carbocycles. The summed E-state index contributed by atoms with van der Waals surface area (Å²) in [6.07, 6.45) is 4.86. The number of rotatable bonds is 8. The Hall–Kier alpha value is -1.55. The van der Waals surface area contributed by atoms with Gasteiger partial charge in [-0.05, 0) is 43.9 Å². The number of para-hydroxylation sites is 1. The molecule has 4 nitrogen and oxygen atoms in total. The summed E-state index contributed by atoms with van der Waals surface area (Å²) in [5, 5.41) is 9.09. The van der Waals surface area contributed by atoms with E-state index in [-0.39, 0.29) is 5.56 Å². The van der Waals surface area contributed by atoms with Crippen LogP contribution in [0.2, 0.25) is 0 Å². The number of carbonyl (C=O) groups is 1. The van der Waals surface area contributed by atoms with E-state index < -0.39 is 5.97 Å². The molecule has 0 radical (unpaired) electrons. The average molecular weight is 291 g/mol. The summed E-state index contributed by atoms with van der Waals surface area (Å²) in [7, 11) is 0. The van der Waals surface area contributed by atoms with E-state index in [2.05, 4.69) is 11.8 Å². The van der Waals surface area contributed by atoms with E-state index >= 15 is 0 Å². The number of hydrogen-bond acceptors (Lipinski definition) is 3. The van der Waals surface area contributed by atoms with Crippen molar-refractivity contribution in [1.29, 1.82) is 0 Å². The number of hydrogen-bond donors (Lipinski definition) is 1. The third-order valence-electron chi connectivity index (χ3n) is 4.06. The zero-order valence-electron chi connectivity index (χ0n) is 12.8. The number of likely N-dealkylation sites (tertiary alicyclic amines) is 1. The van der Waals surface area contributed by atoms with E-state index in [1.165, 1.54) is 32.4 Å². The van der Waals surface area contributed by atoms with Gasteiger partial charge in [-0.1, -0.05) is 25.5 Å². The van der Waals surface area contributed by atoms with Crippen LogP contribution in [0, 0.1) is 5.92 Å². The van der Waals surface area contributed by atoms with Crippen molar-refractivity contribution in [2.45, 2.75) is 32.6 Å². The predicted molar refractivity (Wildman–Crippen MR) is 83.0 cm³/mol. The zero-order valence-corrected chi connectivity index (χ0v) is 12.8. The number of carboxylic acid groups (broad SMARTS) is 1. The molecule has 21 heavy (non-hydrogen) atoms. The minimum atomic E-state index is -0.937. The fourth-order valence-corrected chi connectivity index (χ4v) is 3.00. The van der Waals surface area contributed by atoms with Gasteiger partial charge in [-0.3, -0.25) is 0 Å². The number of nitrogens with zero attached hydrogens (tertiary/aromatic N) is 1. The smallest absolute Gasteiger partial charge is 0.339 e. The maximum Gasteiger partial charge on any atom is 0.339 e. The highest BCUT2D eigenvalue weighted by Crippen LogP contribution is 2.21. The molecule has 1 N–H and O–H groups in total. The van der Waals surface area contributed by atoms with E-state index in [0.717, 1.165) is 18.9 Å². The lowest BCUT2D eigenvalue weighted by atomic mass is 10.0. The number of aromatic carboxylic acids is 1. The quantitative estimate of drug-likeness (QED) is 0.747. The molecular weight excluding hydrogens is 266 g/mol. The first-order valence-electron chi connectivity index (χ1n) is 7.88. The summed E-state index contributed by atoms with van der Waals surface area (Å²) in [6, 6.07) is 6.82. The number of carboxylic acids is 1. The van der Waals surface area contributed by atoms with Crippen molar-refractivity contribution in [3.8, 4) is 5.75 Å². The van der Waals surface area contributed by atoms with Gasteiger partial charge in [0.1, 0.15) is 11.3 Å². The van der Waals surface area contributed by atoms with Crippen molar-refractivity contribution in [3.63, 3.8) is 0 Å². The highest BCUT2D eigenvalue weighted by atomic mass is 16.5. The molecule has 0 aliphatic carbocycles. The third kappa shape index (κ3) is 4.74. The topological polar surface area (TPSA) is 49.8 Å². The van der Waals surface area contributed by atoms with Crippen LogP contribution in [0.25, 0.3) is 0 Å². The van der Waals surface area contributed by atoms with E-state index in [0.29, 0.717) is 12.4 Å². The molecule has 4 heteroatoms. The molecule has 0 spiro atoms. The molecule has 0 amide bonds. The zero-order chi connectivity index (χ0) is 15.1. The standard InChI is InChI=1S/C17H25NO3/c1-2-6-14-9-11-18(13-14)10-5-12-21-16-8-4-3-7-15(16)17(19)20/h3-4,7-8,14H,2,5-6,9-13H2,1H3,(H,19,20). The minimum absolute atomic E-state index is 0.238. The molecule has 1 aromatic rings. The predicted octanol–water partition coefficient (Wildman–Crippen LogP) is 3.28. The Morgan fingerprint density at radius 3 is 3.00 bits per heavy atom. The van der Waals surface area contributed by atoms with Crippen LogP contribution in [-0.4, -0.2) is 42.2 Å². The molecule has 2 rings (SSSR count). The Bertz CT molecular complexity index is 461. The molecule has 1 atom stereocenters. The van der Waals surface area contributed by atoms with Crippen molar-refractivity contribution in [2.24, 2.45) is 5.92 Å². The van der Waals surface area contributed by atoms with E-state index in [1.54, 1.807) is 24.3 Å². The van der Waals surface area contributed by atoms with Gasteiger partial charge >= 0.3 is 5.97 Å². The Morgan fingerprint density at radius 1 is 1.43 bits per heavy atom. The molecule has 1 fully saturated rings. The monoisotopic (exact) mass is 291 g/mol. The van der Waals surface area contributed by atoms with Gasteiger partial charge < -0.3 is 14.7 Å². The lowest BCUT2D eigenvalue weighted by Gasteiger charge is -2.16. The average Bonchev–Trinajstić information content (AvgIpc) is 2.92. The summed E-state index contributed by atoms with van der Waals surface area (Å²) in [5.74, 6) is 0.395.